The van der Waals surface area contributed by atoms with Crippen LogP contribution in [0.3, 0.4) is 0 Å². The lowest BCUT2D eigenvalue weighted by Gasteiger charge is -2.28. The van der Waals surface area contributed by atoms with Gasteiger partial charge in [-0.05, 0) is 37.1 Å². The maximum absolute atomic E-state index is 12.0. The second kappa shape index (κ2) is 8.92. The molecule has 134 valence electrons. The van der Waals surface area contributed by atoms with Crippen LogP contribution in [0, 0.1) is 0 Å². The fourth-order valence-corrected chi connectivity index (χ4v) is 2.76. The molecule has 0 aliphatic carbocycles. The van der Waals surface area contributed by atoms with E-state index in [0.717, 1.165) is 49.3 Å². The molecular formula is C19H30N2O3. The molecular weight excluding hydrogens is 304 g/mol. The second-order valence-electron chi connectivity index (χ2n) is 6.97. The molecule has 0 unspecified atom stereocenters. The standard InChI is InChI=1S/C19H30N2O3/c1-19(2,14-21-18(22)7-5-3-4-6-10-20)15-8-9-16-17(13-15)24-12-11-23-16/h8-9,13H,3-7,10-12,14,20H2,1-2H3,(H,21,22). The zero-order chi connectivity index (χ0) is 17.4. The Hall–Kier alpha value is -1.75. The van der Waals surface area contributed by atoms with E-state index in [-0.39, 0.29) is 11.3 Å². The molecule has 0 fully saturated rings. The van der Waals surface area contributed by atoms with Crippen molar-refractivity contribution in [2.75, 3.05) is 26.3 Å². The lowest BCUT2D eigenvalue weighted by Crippen LogP contribution is -2.36. The molecule has 0 saturated heterocycles. The molecule has 5 heteroatoms. The van der Waals surface area contributed by atoms with Crippen LogP contribution in [-0.2, 0) is 10.2 Å². The number of ether oxygens (including phenoxy) is 2. The van der Waals surface area contributed by atoms with Crippen LogP contribution >= 0.6 is 0 Å². The Labute approximate surface area is 144 Å². The molecule has 1 aliphatic heterocycles. The first-order valence-corrected chi connectivity index (χ1v) is 8.90. The van der Waals surface area contributed by atoms with Crippen molar-refractivity contribution in [1.82, 2.24) is 5.32 Å². The third-order valence-corrected chi connectivity index (χ3v) is 4.41. The zero-order valence-corrected chi connectivity index (χ0v) is 14.9. The Kier molecular flexibility index (Phi) is 6.91. The van der Waals surface area contributed by atoms with Gasteiger partial charge in [-0.3, -0.25) is 4.79 Å². The Bertz CT molecular complexity index is 543. The number of nitrogens with two attached hydrogens (primary N) is 1. The smallest absolute Gasteiger partial charge is 0.220 e. The number of unbranched alkanes of at least 4 members (excludes halogenated alkanes) is 3. The van der Waals surface area contributed by atoms with Gasteiger partial charge in [0.2, 0.25) is 5.91 Å². The van der Waals surface area contributed by atoms with E-state index >= 15 is 0 Å². The molecule has 5 nitrogen and oxygen atoms in total. The normalized spacial score (nSPS) is 13.6. The molecule has 1 aromatic carbocycles. The van der Waals surface area contributed by atoms with Gasteiger partial charge in [-0.2, -0.15) is 0 Å². The first-order chi connectivity index (χ1) is 11.5. The average Bonchev–Trinajstić information content (AvgIpc) is 2.59. The summed E-state index contributed by atoms with van der Waals surface area (Å²) in [5.74, 6) is 1.70. The molecule has 0 bridgehead atoms. The first kappa shape index (κ1) is 18.6. The molecule has 24 heavy (non-hydrogen) atoms. The van der Waals surface area contributed by atoms with Gasteiger partial charge in [-0.15, -0.1) is 0 Å². The monoisotopic (exact) mass is 334 g/mol. The van der Waals surface area contributed by atoms with E-state index in [1.807, 2.05) is 18.2 Å². The Morgan fingerprint density at radius 1 is 1.12 bits per heavy atom. The molecule has 3 N–H and O–H groups in total. The van der Waals surface area contributed by atoms with Crippen LogP contribution in [0.5, 0.6) is 11.5 Å². The highest BCUT2D eigenvalue weighted by Crippen LogP contribution is 2.34. The minimum atomic E-state index is -0.162. The van der Waals surface area contributed by atoms with Crippen molar-refractivity contribution in [2.45, 2.75) is 51.4 Å². The van der Waals surface area contributed by atoms with Crippen molar-refractivity contribution in [1.29, 1.82) is 0 Å². The molecule has 1 amide bonds. The van der Waals surface area contributed by atoms with Gasteiger partial charge in [-0.25, -0.2) is 0 Å². The molecule has 0 spiro atoms. The summed E-state index contributed by atoms with van der Waals surface area (Å²) in [5.41, 5.74) is 6.44. The summed E-state index contributed by atoms with van der Waals surface area (Å²) in [5, 5.41) is 3.06. The van der Waals surface area contributed by atoms with Gasteiger partial charge in [-0.1, -0.05) is 32.8 Å². The van der Waals surface area contributed by atoms with Crippen LogP contribution in [0.15, 0.2) is 18.2 Å². The molecule has 0 radical (unpaired) electrons. The Morgan fingerprint density at radius 3 is 2.58 bits per heavy atom. The summed E-state index contributed by atoms with van der Waals surface area (Å²) in [6, 6.07) is 6.02. The van der Waals surface area contributed by atoms with Gasteiger partial charge >= 0.3 is 0 Å². The summed E-state index contributed by atoms with van der Waals surface area (Å²) < 4.78 is 11.2. The number of hydrogen-bond donors (Lipinski definition) is 2. The van der Waals surface area contributed by atoms with Crippen LogP contribution in [0.4, 0.5) is 0 Å². The highest BCUT2D eigenvalue weighted by atomic mass is 16.6. The van der Waals surface area contributed by atoms with Crippen molar-refractivity contribution in [2.24, 2.45) is 5.73 Å². The number of carbonyl (C=O) groups excluding carboxylic acids is 1. The Balaban J connectivity index is 1.81. The number of fused-ring (bicyclic) bond motifs is 1. The number of rotatable bonds is 9. The number of carbonyl (C=O) groups is 1. The van der Waals surface area contributed by atoms with E-state index in [4.69, 9.17) is 15.2 Å². The van der Waals surface area contributed by atoms with E-state index in [1.54, 1.807) is 0 Å². The van der Waals surface area contributed by atoms with E-state index < -0.39 is 0 Å². The predicted molar refractivity (Wildman–Crippen MR) is 95.6 cm³/mol. The third-order valence-electron chi connectivity index (χ3n) is 4.41. The van der Waals surface area contributed by atoms with Gasteiger partial charge in [0, 0.05) is 18.4 Å². The number of amides is 1. The van der Waals surface area contributed by atoms with E-state index in [1.165, 1.54) is 0 Å². The summed E-state index contributed by atoms with van der Waals surface area (Å²) in [6.45, 7) is 6.76. The molecule has 1 aliphatic rings. The lowest BCUT2D eigenvalue weighted by atomic mass is 9.84. The van der Waals surface area contributed by atoms with Crippen molar-refractivity contribution < 1.29 is 14.3 Å². The zero-order valence-electron chi connectivity index (χ0n) is 14.9. The molecule has 0 atom stereocenters. The van der Waals surface area contributed by atoms with Gasteiger partial charge in [0.05, 0.1) is 0 Å². The van der Waals surface area contributed by atoms with Crippen LogP contribution in [-0.4, -0.2) is 32.2 Å². The minimum Gasteiger partial charge on any atom is -0.486 e. The molecule has 1 heterocycles. The number of benzene rings is 1. The topological polar surface area (TPSA) is 73.6 Å². The summed E-state index contributed by atoms with van der Waals surface area (Å²) in [7, 11) is 0. The summed E-state index contributed by atoms with van der Waals surface area (Å²) in [4.78, 5) is 12.0. The second-order valence-corrected chi connectivity index (χ2v) is 6.97. The van der Waals surface area contributed by atoms with Crippen molar-refractivity contribution in [3.05, 3.63) is 23.8 Å². The first-order valence-electron chi connectivity index (χ1n) is 8.90. The molecule has 0 aromatic heterocycles. The number of nitrogens with one attached hydrogen (secondary N) is 1. The SMILES string of the molecule is CC(C)(CNC(=O)CCCCCCN)c1ccc2c(c1)OCCO2. The fraction of sp³-hybridized carbons (Fsp3) is 0.632. The van der Waals surface area contributed by atoms with Crippen LogP contribution in [0.2, 0.25) is 0 Å². The van der Waals surface area contributed by atoms with Crippen LogP contribution in [0.1, 0.15) is 51.5 Å². The Morgan fingerprint density at radius 2 is 1.83 bits per heavy atom. The predicted octanol–water partition coefficient (Wildman–Crippen LogP) is 2.76. The van der Waals surface area contributed by atoms with Crippen molar-refractivity contribution in [3.63, 3.8) is 0 Å². The fourth-order valence-electron chi connectivity index (χ4n) is 2.76. The molecule has 2 rings (SSSR count). The summed E-state index contributed by atoms with van der Waals surface area (Å²) >= 11 is 0. The maximum Gasteiger partial charge on any atom is 0.220 e. The third kappa shape index (κ3) is 5.41. The van der Waals surface area contributed by atoms with Crippen LogP contribution < -0.4 is 20.5 Å². The minimum absolute atomic E-state index is 0.119. The van der Waals surface area contributed by atoms with Gasteiger partial charge in [0.15, 0.2) is 11.5 Å². The highest BCUT2D eigenvalue weighted by molar-refractivity contribution is 5.75. The maximum atomic E-state index is 12.0. The quantitative estimate of drug-likeness (QED) is 0.681. The van der Waals surface area contributed by atoms with Gasteiger partial charge in [0.1, 0.15) is 13.2 Å². The van der Waals surface area contributed by atoms with E-state index in [9.17, 15) is 4.79 Å². The van der Waals surface area contributed by atoms with Gasteiger partial charge < -0.3 is 20.5 Å². The van der Waals surface area contributed by atoms with E-state index in [2.05, 4.69) is 19.2 Å². The highest BCUT2D eigenvalue weighted by Gasteiger charge is 2.24. The molecule has 1 aromatic rings. The lowest BCUT2D eigenvalue weighted by molar-refractivity contribution is -0.121. The number of hydrogen-bond acceptors (Lipinski definition) is 4. The van der Waals surface area contributed by atoms with Crippen molar-refractivity contribution in [3.8, 4) is 11.5 Å². The van der Waals surface area contributed by atoms with Gasteiger partial charge in [0.25, 0.3) is 0 Å². The van der Waals surface area contributed by atoms with E-state index in [0.29, 0.717) is 26.2 Å². The average molecular weight is 334 g/mol. The van der Waals surface area contributed by atoms with Crippen LogP contribution in [0.25, 0.3) is 0 Å². The largest absolute Gasteiger partial charge is 0.486 e. The summed E-state index contributed by atoms with van der Waals surface area (Å²) in [6.07, 6.45) is 4.72. The molecule has 0 saturated carbocycles. The van der Waals surface area contributed by atoms with Crippen molar-refractivity contribution >= 4 is 5.91 Å².